The quantitative estimate of drug-likeness (QED) is 0.274. The first-order chi connectivity index (χ1) is 16.0. The Morgan fingerprint density at radius 3 is 1.48 bits per heavy atom. The Balaban J connectivity index is 1.27. The minimum absolute atomic E-state index is 0.186. The zero-order valence-electron chi connectivity index (χ0n) is 18.6. The molecule has 0 heterocycles. The molecule has 0 atom stereocenters. The maximum atomic E-state index is 14.1. The number of ether oxygens (including phenoxy) is 2. The maximum absolute atomic E-state index is 14.1. The predicted octanol–water partition coefficient (Wildman–Crippen LogP) is 7.31. The van der Waals surface area contributed by atoms with Gasteiger partial charge in [0.1, 0.15) is 36.3 Å². The van der Waals surface area contributed by atoms with Gasteiger partial charge in [-0.05, 0) is 90.0 Å². The van der Waals surface area contributed by atoms with Crippen LogP contribution >= 0.6 is 0 Å². The summed E-state index contributed by atoms with van der Waals surface area (Å²) in [4.78, 5) is 0. The summed E-state index contributed by atoms with van der Waals surface area (Å²) in [6.45, 7) is 4.10. The Labute approximate surface area is 192 Å². The van der Waals surface area contributed by atoms with Crippen LogP contribution in [0.25, 0.3) is 11.1 Å². The van der Waals surface area contributed by atoms with Crippen LogP contribution in [-0.2, 0) is 19.6 Å². The summed E-state index contributed by atoms with van der Waals surface area (Å²) in [6.07, 6.45) is 0.761. The topological polar surface area (TPSA) is 18.5 Å². The summed E-state index contributed by atoms with van der Waals surface area (Å²) in [7, 11) is 0. The number of halogens is 2. The fourth-order valence-corrected chi connectivity index (χ4v) is 4.20. The Hall–Kier alpha value is -3.66. The summed E-state index contributed by atoms with van der Waals surface area (Å²) >= 11 is 0. The van der Waals surface area contributed by atoms with E-state index in [-0.39, 0.29) is 24.8 Å². The molecule has 0 fully saturated rings. The van der Waals surface area contributed by atoms with Crippen molar-refractivity contribution in [1.29, 1.82) is 0 Å². The van der Waals surface area contributed by atoms with E-state index in [0.29, 0.717) is 22.6 Å². The van der Waals surface area contributed by atoms with Gasteiger partial charge in [-0.2, -0.15) is 0 Å². The second-order valence-corrected chi connectivity index (χ2v) is 8.58. The van der Waals surface area contributed by atoms with Crippen molar-refractivity contribution in [1.82, 2.24) is 0 Å². The van der Waals surface area contributed by atoms with Crippen LogP contribution in [0.15, 0.2) is 72.8 Å². The van der Waals surface area contributed by atoms with Crippen molar-refractivity contribution in [3.05, 3.63) is 118 Å². The van der Waals surface area contributed by atoms with Gasteiger partial charge in [0.2, 0.25) is 0 Å². The molecule has 0 amide bonds. The molecular formula is C29H24F2O2. The molecule has 0 aliphatic heterocycles. The molecule has 33 heavy (non-hydrogen) atoms. The molecule has 0 radical (unpaired) electrons. The molecule has 0 bridgehead atoms. The van der Waals surface area contributed by atoms with Crippen LogP contribution in [0.3, 0.4) is 0 Å². The third-order valence-corrected chi connectivity index (χ3v) is 6.03. The van der Waals surface area contributed by atoms with Gasteiger partial charge in [-0.3, -0.25) is 0 Å². The molecule has 0 N–H and O–H groups in total. The van der Waals surface area contributed by atoms with E-state index in [1.165, 1.54) is 12.1 Å². The molecule has 0 aromatic heterocycles. The van der Waals surface area contributed by atoms with Gasteiger partial charge in [-0.25, -0.2) is 8.78 Å². The van der Waals surface area contributed by atoms with Crippen molar-refractivity contribution in [2.45, 2.75) is 33.5 Å². The summed E-state index contributed by atoms with van der Waals surface area (Å²) < 4.78 is 39.9. The fraction of sp³-hybridized carbons (Fsp3) is 0.172. The van der Waals surface area contributed by atoms with E-state index < -0.39 is 0 Å². The lowest BCUT2D eigenvalue weighted by Gasteiger charge is -2.10. The highest BCUT2D eigenvalue weighted by Crippen LogP contribution is 2.40. The van der Waals surface area contributed by atoms with Crippen molar-refractivity contribution in [2.24, 2.45) is 0 Å². The Morgan fingerprint density at radius 2 is 1.06 bits per heavy atom. The minimum Gasteiger partial charge on any atom is -0.489 e. The number of benzene rings is 4. The maximum Gasteiger partial charge on any atom is 0.130 e. The average molecular weight is 443 g/mol. The molecule has 5 rings (SSSR count). The molecule has 0 saturated heterocycles. The summed E-state index contributed by atoms with van der Waals surface area (Å²) in [5, 5.41) is 0. The van der Waals surface area contributed by atoms with Gasteiger partial charge in [-0.1, -0.05) is 36.4 Å². The van der Waals surface area contributed by atoms with Crippen LogP contribution in [0.5, 0.6) is 11.5 Å². The normalized spacial score (nSPS) is 11.8. The Kier molecular flexibility index (Phi) is 5.59. The third-order valence-electron chi connectivity index (χ3n) is 6.03. The molecule has 4 heteroatoms. The largest absolute Gasteiger partial charge is 0.489 e. The van der Waals surface area contributed by atoms with Gasteiger partial charge in [0, 0.05) is 11.1 Å². The van der Waals surface area contributed by atoms with Gasteiger partial charge in [0.05, 0.1) is 0 Å². The molecule has 0 spiro atoms. The first kappa shape index (κ1) is 21.2. The van der Waals surface area contributed by atoms with Crippen molar-refractivity contribution in [3.8, 4) is 22.6 Å². The first-order valence-corrected chi connectivity index (χ1v) is 11.0. The Bertz CT molecular complexity index is 1240. The second-order valence-electron chi connectivity index (χ2n) is 8.58. The molecule has 4 aromatic rings. The third kappa shape index (κ3) is 4.47. The molecule has 0 unspecified atom stereocenters. The fourth-order valence-electron chi connectivity index (χ4n) is 4.20. The van der Waals surface area contributed by atoms with Crippen LogP contribution < -0.4 is 9.47 Å². The highest BCUT2D eigenvalue weighted by atomic mass is 19.1. The van der Waals surface area contributed by atoms with Gasteiger partial charge in [0.15, 0.2) is 0 Å². The van der Waals surface area contributed by atoms with E-state index in [1.807, 2.05) is 62.4 Å². The smallest absolute Gasteiger partial charge is 0.130 e. The van der Waals surface area contributed by atoms with Crippen LogP contribution in [-0.4, -0.2) is 0 Å². The van der Waals surface area contributed by atoms with Crippen LogP contribution in [0.4, 0.5) is 8.78 Å². The number of hydrogen-bond donors (Lipinski definition) is 0. The zero-order valence-corrected chi connectivity index (χ0v) is 18.6. The van der Waals surface area contributed by atoms with Crippen molar-refractivity contribution < 1.29 is 18.3 Å². The molecule has 0 saturated carbocycles. The van der Waals surface area contributed by atoms with E-state index in [1.54, 1.807) is 12.1 Å². The first-order valence-electron chi connectivity index (χ1n) is 11.0. The lowest BCUT2D eigenvalue weighted by atomic mass is 10.1. The molecule has 1 aliphatic rings. The standard InChI is InChI=1S/C29H24F2O2/c1-18-3-5-20(28(30)11-18)16-32-24-7-9-26-22(14-24)13-23-15-25(8-10-27(23)26)33-17-21-6-4-19(2)12-29(21)31/h3-12,14-15H,13,16-17H2,1-2H3. The lowest BCUT2D eigenvalue weighted by Crippen LogP contribution is -1.99. The SMILES string of the molecule is Cc1ccc(COc2ccc3c(c2)Cc2cc(OCc4ccc(C)cc4F)ccc2-3)c(F)c1. The highest BCUT2D eigenvalue weighted by Gasteiger charge is 2.20. The lowest BCUT2D eigenvalue weighted by molar-refractivity contribution is 0.299. The predicted molar refractivity (Wildman–Crippen MR) is 126 cm³/mol. The number of fused-ring (bicyclic) bond motifs is 3. The molecule has 166 valence electrons. The monoisotopic (exact) mass is 442 g/mol. The summed E-state index contributed by atoms with van der Waals surface area (Å²) in [5.74, 6) is 0.934. The van der Waals surface area contributed by atoms with Gasteiger partial charge >= 0.3 is 0 Å². The van der Waals surface area contributed by atoms with Crippen molar-refractivity contribution in [2.75, 3.05) is 0 Å². The number of rotatable bonds is 6. The van der Waals surface area contributed by atoms with Gasteiger partial charge in [-0.15, -0.1) is 0 Å². The van der Waals surface area contributed by atoms with E-state index in [9.17, 15) is 8.78 Å². The van der Waals surface area contributed by atoms with Gasteiger partial charge in [0.25, 0.3) is 0 Å². The van der Waals surface area contributed by atoms with Crippen molar-refractivity contribution in [3.63, 3.8) is 0 Å². The minimum atomic E-state index is -0.249. The molecule has 1 aliphatic carbocycles. The van der Waals surface area contributed by atoms with Crippen molar-refractivity contribution >= 4 is 0 Å². The van der Waals surface area contributed by atoms with Crippen LogP contribution in [0.1, 0.15) is 33.4 Å². The van der Waals surface area contributed by atoms with E-state index in [0.717, 1.165) is 39.8 Å². The average Bonchev–Trinajstić information content (AvgIpc) is 3.15. The van der Waals surface area contributed by atoms with Gasteiger partial charge < -0.3 is 9.47 Å². The van der Waals surface area contributed by atoms with E-state index >= 15 is 0 Å². The molecule has 4 aromatic carbocycles. The highest BCUT2D eigenvalue weighted by molar-refractivity contribution is 5.78. The summed E-state index contributed by atoms with van der Waals surface area (Å²) in [5.41, 5.74) is 7.50. The van der Waals surface area contributed by atoms with E-state index in [2.05, 4.69) is 0 Å². The Morgan fingerprint density at radius 1 is 0.606 bits per heavy atom. The van der Waals surface area contributed by atoms with Crippen LogP contribution in [0.2, 0.25) is 0 Å². The molecule has 2 nitrogen and oxygen atoms in total. The number of aryl methyl sites for hydroxylation is 2. The second kappa shape index (κ2) is 8.70. The zero-order chi connectivity index (χ0) is 22.9. The van der Waals surface area contributed by atoms with Crippen LogP contribution in [0, 0.1) is 25.5 Å². The number of hydrogen-bond acceptors (Lipinski definition) is 2. The molecular weight excluding hydrogens is 418 g/mol. The van der Waals surface area contributed by atoms with E-state index in [4.69, 9.17) is 9.47 Å². The summed E-state index contributed by atoms with van der Waals surface area (Å²) in [6, 6.07) is 22.3.